The summed E-state index contributed by atoms with van der Waals surface area (Å²) in [5.41, 5.74) is 1.15. The van der Waals surface area contributed by atoms with Gasteiger partial charge >= 0.3 is 11.3 Å². The van der Waals surface area contributed by atoms with Crippen molar-refractivity contribution < 1.29 is 4.42 Å². The number of imidazole rings is 1. The number of aromatic nitrogens is 2. The third-order valence-electron chi connectivity index (χ3n) is 3.87. The van der Waals surface area contributed by atoms with Gasteiger partial charge in [0.15, 0.2) is 5.52 Å². The summed E-state index contributed by atoms with van der Waals surface area (Å²) in [6.07, 6.45) is 0. The van der Waals surface area contributed by atoms with Crippen LogP contribution in [0.2, 0.25) is 0 Å². The molecule has 0 saturated heterocycles. The van der Waals surface area contributed by atoms with Crippen LogP contribution < -0.4 is 11.3 Å². The van der Waals surface area contributed by atoms with Crippen LogP contribution in [0.15, 0.2) is 67.0 Å². The third-order valence-corrected chi connectivity index (χ3v) is 4.36. The van der Waals surface area contributed by atoms with E-state index >= 15 is 0 Å². The van der Waals surface area contributed by atoms with Crippen LogP contribution in [0.25, 0.3) is 27.7 Å². The molecule has 0 bridgehead atoms. The fourth-order valence-corrected chi connectivity index (χ4v) is 3.19. The monoisotopic (exact) mass is 370 g/mol. The number of rotatable bonds is 1. The van der Waals surface area contributed by atoms with Gasteiger partial charge in [-0.2, -0.15) is 0 Å². The van der Waals surface area contributed by atoms with Crippen molar-refractivity contribution in [2.45, 2.75) is 0 Å². The highest BCUT2D eigenvalue weighted by molar-refractivity contribution is 9.10. The van der Waals surface area contributed by atoms with E-state index in [-0.39, 0.29) is 11.2 Å². The van der Waals surface area contributed by atoms with E-state index in [0.29, 0.717) is 22.2 Å². The normalized spacial score (nSPS) is 11.4. The maximum absolute atomic E-state index is 12.7. The third kappa shape index (κ3) is 1.98. The predicted molar refractivity (Wildman–Crippen MR) is 92.3 cm³/mol. The lowest BCUT2D eigenvalue weighted by Crippen LogP contribution is -2.21. The molecule has 0 fully saturated rings. The summed E-state index contributed by atoms with van der Waals surface area (Å²) >= 11 is 3.43. The van der Waals surface area contributed by atoms with Crippen LogP contribution in [-0.4, -0.2) is 9.13 Å². The fraction of sp³-hybridized carbons (Fsp3) is 0.0588. The van der Waals surface area contributed by atoms with E-state index in [1.54, 1.807) is 23.7 Å². The summed E-state index contributed by atoms with van der Waals surface area (Å²) in [5, 5.41) is 0.704. The zero-order valence-corrected chi connectivity index (χ0v) is 13.7. The summed E-state index contributed by atoms with van der Waals surface area (Å²) < 4.78 is 9.08. The van der Waals surface area contributed by atoms with E-state index in [4.69, 9.17) is 4.42 Å². The van der Waals surface area contributed by atoms with Crippen LogP contribution >= 0.6 is 15.9 Å². The molecule has 2 aromatic heterocycles. The van der Waals surface area contributed by atoms with Crippen molar-refractivity contribution in [1.82, 2.24) is 9.13 Å². The van der Waals surface area contributed by atoms with E-state index in [1.807, 2.05) is 36.4 Å². The van der Waals surface area contributed by atoms with Crippen molar-refractivity contribution >= 4 is 37.9 Å². The standard InChI is InChI=1S/C17H11BrN2O3/c1-19-15-14(20(17(19)22)11-5-3-2-4-6-11)12-9-10(18)7-8-13(12)23-16(15)21/h2-9H,1H3. The topological polar surface area (TPSA) is 57.1 Å². The largest absolute Gasteiger partial charge is 0.421 e. The first-order valence-electron chi connectivity index (χ1n) is 6.97. The van der Waals surface area contributed by atoms with E-state index in [0.717, 1.165) is 4.47 Å². The van der Waals surface area contributed by atoms with Crippen LogP contribution in [0.3, 0.4) is 0 Å². The summed E-state index contributed by atoms with van der Waals surface area (Å²) in [5.74, 6) is 0. The first-order chi connectivity index (χ1) is 11.1. The molecular formula is C17H11BrN2O3. The Morgan fingerprint density at radius 2 is 1.74 bits per heavy atom. The van der Waals surface area contributed by atoms with Gasteiger partial charge in [-0.3, -0.25) is 9.13 Å². The van der Waals surface area contributed by atoms with Gasteiger partial charge in [-0.25, -0.2) is 9.59 Å². The Kier molecular flexibility index (Phi) is 3.02. The van der Waals surface area contributed by atoms with Crippen LogP contribution in [0.5, 0.6) is 0 Å². The summed E-state index contributed by atoms with van der Waals surface area (Å²) in [6, 6.07) is 14.6. The number of benzene rings is 2. The number of hydrogen-bond acceptors (Lipinski definition) is 3. The predicted octanol–water partition coefficient (Wildman–Crippen LogP) is 3.20. The first-order valence-corrected chi connectivity index (χ1v) is 7.76. The van der Waals surface area contributed by atoms with Gasteiger partial charge in [0.05, 0.1) is 11.2 Å². The Bertz CT molecular complexity index is 1170. The molecule has 0 atom stereocenters. The molecule has 2 heterocycles. The van der Waals surface area contributed by atoms with Crippen molar-refractivity contribution in [3.8, 4) is 5.69 Å². The molecule has 4 rings (SSSR count). The van der Waals surface area contributed by atoms with E-state index in [9.17, 15) is 9.59 Å². The zero-order valence-electron chi connectivity index (χ0n) is 12.1. The van der Waals surface area contributed by atoms with Gasteiger partial charge in [0.25, 0.3) is 0 Å². The number of aryl methyl sites for hydroxylation is 1. The second kappa shape index (κ2) is 4.96. The molecule has 5 nitrogen and oxygen atoms in total. The van der Waals surface area contributed by atoms with Gasteiger partial charge in [-0.15, -0.1) is 0 Å². The molecule has 23 heavy (non-hydrogen) atoms. The van der Waals surface area contributed by atoms with Crippen LogP contribution in [0.1, 0.15) is 0 Å². The lowest BCUT2D eigenvalue weighted by molar-refractivity contribution is 0.565. The average molecular weight is 371 g/mol. The van der Waals surface area contributed by atoms with Crippen molar-refractivity contribution in [1.29, 1.82) is 0 Å². The number of nitrogens with zero attached hydrogens (tertiary/aromatic N) is 2. The van der Waals surface area contributed by atoms with Gasteiger partial charge in [0.2, 0.25) is 0 Å². The molecule has 114 valence electrons. The van der Waals surface area contributed by atoms with Crippen LogP contribution in [0, 0.1) is 0 Å². The quantitative estimate of drug-likeness (QED) is 0.483. The summed E-state index contributed by atoms with van der Waals surface area (Å²) in [4.78, 5) is 25.0. The smallest absolute Gasteiger partial charge is 0.362 e. The SMILES string of the molecule is Cn1c(=O)n(-c2ccccc2)c2c3cc(Br)ccc3oc(=O)c21. The Morgan fingerprint density at radius 3 is 2.48 bits per heavy atom. The zero-order chi connectivity index (χ0) is 16.1. The maximum atomic E-state index is 12.7. The van der Waals surface area contributed by atoms with Crippen molar-refractivity contribution in [2.24, 2.45) is 7.05 Å². The molecular weight excluding hydrogens is 360 g/mol. The number of fused-ring (bicyclic) bond motifs is 3. The Labute approximate surface area is 138 Å². The molecule has 4 aromatic rings. The van der Waals surface area contributed by atoms with Gasteiger partial charge in [-0.05, 0) is 30.3 Å². The molecule has 0 spiro atoms. The van der Waals surface area contributed by atoms with Crippen molar-refractivity contribution in [2.75, 3.05) is 0 Å². The van der Waals surface area contributed by atoms with Gasteiger partial charge < -0.3 is 4.42 Å². The van der Waals surface area contributed by atoms with Crippen molar-refractivity contribution in [3.63, 3.8) is 0 Å². The summed E-state index contributed by atoms with van der Waals surface area (Å²) in [7, 11) is 1.57. The second-order valence-electron chi connectivity index (χ2n) is 5.24. The highest BCUT2D eigenvalue weighted by Gasteiger charge is 2.19. The lowest BCUT2D eigenvalue weighted by atomic mass is 10.2. The minimum absolute atomic E-state index is 0.254. The molecule has 0 aliphatic heterocycles. The molecule has 6 heteroatoms. The Hall–Kier alpha value is -2.60. The van der Waals surface area contributed by atoms with E-state index in [1.165, 1.54) is 4.57 Å². The van der Waals surface area contributed by atoms with Gasteiger partial charge in [-0.1, -0.05) is 34.1 Å². The van der Waals surface area contributed by atoms with Crippen molar-refractivity contribution in [3.05, 3.63) is 73.9 Å². The highest BCUT2D eigenvalue weighted by Crippen LogP contribution is 2.27. The maximum Gasteiger partial charge on any atom is 0.362 e. The summed E-state index contributed by atoms with van der Waals surface area (Å²) in [6.45, 7) is 0. The number of halogens is 1. The average Bonchev–Trinajstić information content (AvgIpc) is 2.82. The molecule has 0 saturated carbocycles. The fourth-order valence-electron chi connectivity index (χ4n) is 2.83. The molecule has 0 amide bonds. The van der Waals surface area contributed by atoms with E-state index in [2.05, 4.69) is 15.9 Å². The highest BCUT2D eigenvalue weighted by atomic mass is 79.9. The van der Waals surface area contributed by atoms with Gasteiger partial charge in [0.1, 0.15) is 5.58 Å². The number of para-hydroxylation sites is 1. The molecule has 0 unspecified atom stereocenters. The van der Waals surface area contributed by atoms with Gasteiger partial charge in [0, 0.05) is 16.9 Å². The van der Waals surface area contributed by atoms with Crippen LogP contribution in [0.4, 0.5) is 0 Å². The number of hydrogen-bond donors (Lipinski definition) is 0. The Balaban J connectivity index is 2.34. The molecule has 0 aliphatic rings. The first kappa shape index (κ1) is 14.0. The lowest BCUT2D eigenvalue weighted by Gasteiger charge is -2.05. The molecule has 0 aliphatic carbocycles. The molecule has 0 N–H and O–H groups in total. The van der Waals surface area contributed by atoms with Crippen LogP contribution in [-0.2, 0) is 7.05 Å². The molecule has 2 aromatic carbocycles. The minimum Gasteiger partial charge on any atom is -0.421 e. The Morgan fingerprint density at radius 1 is 1.00 bits per heavy atom. The van der Waals surface area contributed by atoms with E-state index < -0.39 is 5.63 Å². The second-order valence-corrected chi connectivity index (χ2v) is 6.16. The molecule has 0 radical (unpaired) electrons. The minimum atomic E-state index is -0.524.